The first-order valence-corrected chi connectivity index (χ1v) is 16.8. The van der Waals surface area contributed by atoms with Crippen molar-refractivity contribution in [2.24, 2.45) is 0 Å². The van der Waals surface area contributed by atoms with Gasteiger partial charge in [0.15, 0.2) is 5.88 Å². The Kier molecular flexibility index (Phi) is 8.33. The summed E-state index contributed by atoms with van der Waals surface area (Å²) in [6.45, 7) is 2.92. The SMILES string of the molecule is O=c1ccccn1-c1ccc(OCc2n[nH]c3c2-c2cccc4c(CCCOc5cccc6ccccc56)c(O)n(c24)CCCNC3)cc1. The van der Waals surface area contributed by atoms with Crippen LogP contribution >= 0.6 is 0 Å². The minimum absolute atomic E-state index is 0.0889. The maximum absolute atomic E-state index is 12.3. The molecule has 9 heteroatoms. The van der Waals surface area contributed by atoms with E-state index in [0.717, 1.165) is 80.6 Å². The van der Waals surface area contributed by atoms with E-state index in [4.69, 9.17) is 14.6 Å². The van der Waals surface area contributed by atoms with E-state index in [-0.39, 0.29) is 12.2 Å². The molecular formula is C40H37N5O4. The number of nitrogens with zero attached hydrogens (tertiary/aromatic N) is 3. The van der Waals surface area contributed by atoms with Gasteiger partial charge in [-0.1, -0.05) is 60.7 Å². The van der Waals surface area contributed by atoms with E-state index in [9.17, 15) is 9.90 Å². The number of hydrogen-bond acceptors (Lipinski definition) is 6. The van der Waals surface area contributed by atoms with Gasteiger partial charge in [-0.2, -0.15) is 5.10 Å². The van der Waals surface area contributed by atoms with Crippen molar-refractivity contribution in [2.75, 3.05) is 13.2 Å². The lowest BCUT2D eigenvalue weighted by molar-refractivity contribution is 0.301. The van der Waals surface area contributed by atoms with Gasteiger partial charge in [-0.05, 0) is 67.6 Å². The van der Waals surface area contributed by atoms with E-state index in [1.54, 1.807) is 16.8 Å². The second-order valence-corrected chi connectivity index (χ2v) is 12.3. The van der Waals surface area contributed by atoms with E-state index < -0.39 is 0 Å². The molecule has 3 N–H and O–H groups in total. The molecule has 4 heterocycles. The first-order chi connectivity index (χ1) is 24.2. The number of aromatic amines is 1. The number of pyridine rings is 1. The number of aromatic hydroxyl groups is 1. The van der Waals surface area contributed by atoms with E-state index in [1.165, 1.54) is 6.07 Å². The Morgan fingerprint density at radius 1 is 0.857 bits per heavy atom. The van der Waals surface area contributed by atoms with Crippen LogP contribution in [-0.4, -0.2) is 37.6 Å². The molecule has 8 rings (SSSR count). The van der Waals surface area contributed by atoms with Gasteiger partial charge in [-0.15, -0.1) is 0 Å². The lowest BCUT2D eigenvalue weighted by atomic mass is 9.98. The van der Waals surface area contributed by atoms with Crippen molar-refractivity contribution in [3.8, 4) is 34.2 Å². The second-order valence-electron chi connectivity index (χ2n) is 12.3. The lowest BCUT2D eigenvalue weighted by Crippen LogP contribution is -2.18. The Bertz CT molecular complexity index is 2310. The van der Waals surface area contributed by atoms with Crippen molar-refractivity contribution < 1.29 is 14.6 Å². The molecule has 3 aromatic heterocycles. The summed E-state index contributed by atoms with van der Waals surface area (Å²) in [5, 5.41) is 26.5. The summed E-state index contributed by atoms with van der Waals surface area (Å²) in [6, 6.07) is 33.2. The highest BCUT2D eigenvalue weighted by Crippen LogP contribution is 2.41. The van der Waals surface area contributed by atoms with Gasteiger partial charge in [-0.3, -0.25) is 14.5 Å². The molecule has 0 fully saturated rings. The fourth-order valence-corrected chi connectivity index (χ4v) is 6.93. The second kappa shape index (κ2) is 13.4. The highest BCUT2D eigenvalue weighted by molar-refractivity contribution is 5.99. The summed E-state index contributed by atoms with van der Waals surface area (Å²) < 4.78 is 16.1. The number of para-hydroxylation sites is 1. The first-order valence-electron chi connectivity index (χ1n) is 16.8. The maximum atomic E-state index is 12.3. The van der Waals surface area contributed by atoms with Gasteiger partial charge >= 0.3 is 0 Å². The molecule has 1 aliphatic heterocycles. The minimum atomic E-state index is -0.0889. The molecule has 0 radical (unpaired) electrons. The normalized spacial score (nSPS) is 13.0. The number of hydrogen-bond donors (Lipinski definition) is 3. The molecule has 0 spiro atoms. The third-order valence-electron chi connectivity index (χ3n) is 9.27. The van der Waals surface area contributed by atoms with Crippen LogP contribution in [0.15, 0.2) is 114 Å². The number of H-pyrrole nitrogens is 1. The predicted octanol–water partition coefficient (Wildman–Crippen LogP) is 7.13. The smallest absolute Gasteiger partial charge is 0.255 e. The van der Waals surface area contributed by atoms with E-state index in [2.05, 4.69) is 51.4 Å². The molecule has 0 saturated carbocycles. The number of nitrogens with one attached hydrogen (secondary N) is 2. The van der Waals surface area contributed by atoms with Crippen LogP contribution in [0.3, 0.4) is 0 Å². The van der Waals surface area contributed by atoms with Crippen molar-refractivity contribution in [2.45, 2.75) is 39.0 Å². The molecule has 0 atom stereocenters. The Morgan fingerprint density at radius 2 is 1.67 bits per heavy atom. The van der Waals surface area contributed by atoms with Gasteiger partial charge in [-0.25, -0.2) is 0 Å². The number of aromatic nitrogens is 4. The number of aryl methyl sites for hydroxylation is 2. The van der Waals surface area contributed by atoms with E-state index in [0.29, 0.717) is 37.7 Å². The molecule has 0 bridgehead atoms. The predicted molar refractivity (Wildman–Crippen MR) is 192 cm³/mol. The zero-order valence-corrected chi connectivity index (χ0v) is 27.1. The van der Waals surface area contributed by atoms with E-state index >= 15 is 0 Å². The molecule has 9 nitrogen and oxygen atoms in total. The van der Waals surface area contributed by atoms with Gasteiger partial charge in [0.2, 0.25) is 0 Å². The van der Waals surface area contributed by atoms with Gasteiger partial charge < -0.3 is 24.5 Å². The average molecular weight is 652 g/mol. The number of benzene rings is 4. The third-order valence-corrected chi connectivity index (χ3v) is 9.27. The zero-order valence-electron chi connectivity index (χ0n) is 27.1. The van der Waals surface area contributed by atoms with Crippen molar-refractivity contribution in [1.29, 1.82) is 0 Å². The van der Waals surface area contributed by atoms with Gasteiger partial charge in [0.05, 0.1) is 17.8 Å². The van der Waals surface area contributed by atoms with Gasteiger partial charge in [0.1, 0.15) is 23.8 Å². The fraction of sp³-hybridized carbons (Fsp3) is 0.200. The fourth-order valence-electron chi connectivity index (χ4n) is 6.93. The molecule has 4 aromatic carbocycles. The summed E-state index contributed by atoms with van der Waals surface area (Å²) in [7, 11) is 0. The summed E-state index contributed by atoms with van der Waals surface area (Å²) >= 11 is 0. The molecule has 0 amide bonds. The van der Waals surface area contributed by atoms with E-state index in [1.807, 2.05) is 54.6 Å². The summed E-state index contributed by atoms with van der Waals surface area (Å²) in [5.74, 6) is 1.87. The maximum Gasteiger partial charge on any atom is 0.255 e. The topological polar surface area (TPSA) is 106 Å². The van der Waals surface area contributed by atoms with Crippen LogP contribution in [0.25, 0.3) is 38.5 Å². The summed E-state index contributed by atoms with van der Waals surface area (Å²) in [4.78, 5) is 12.3. The minimum Gasteiger partial charge on any atom is -0.494 e. The van der Waals surface area contributed by atoms with Gasteiger partial charge in [0.25, 0.3) is 5.56 Å². The highest BCUT2D eigenvalue weighted by Gasteiger charge is 2.24. The molecular weight excluding hydrogens is 614 g/mol. The van der Waals surface area contributed by atoms with Crippen LogP contribution in [0, 0.1) is 0 Å². The van der Waals surface area contributed by atoms with Crippen LogP contribution in [0.4, 0.5) is 0 Å². The van der Waals surface area contributed by atoms with Crippen molar-refractivity contribution in [1.82, 2.24) is 24.6 Å². The Morgan fingerprint density at radius 3 is 2.57 bits per heavy atom. The lowest BCUT2D eigenvalue weighted by Gasteiger charge is -2.15. The monoisotopic (exact) mass is 651 g/mol. The third kappa shape index (κ3) is 5.93. The molecule has 0 aliphatic carbocycles. The van der Waals surface area contributed by atoms with Crippen LogP contribution in [0.5, 0.6) is 17.4 Å². The van der Waals surface area contributed by atoms with Crippen LogP contribution in [0.2, 0.25) is 0 Å². The van der Waals surface area contributed by atoms with Crippen LogP contribution < -0.4 is 20.3 Å². The van der Waals surface area contributed by atoms with Crippen LogP contribution in [-0.2, 0) is 26.1 Å². The molecule has 1 aliphatic rings. The zero-order chi connectivity index (χ0) is 33.2. The molecule has 0 saturated heterocycles. The Labute approximate surface area is 283 Å². The average Bonchev–Trinajstić information content (AvgIpc) is 3.67. The van der Waals surface area contributed by atoms with Crippen LogP contribution in [0.1, 0.15) is 29.8 Å². The highest BCUT2D eigenvalue weighted by atomic mass is 16.5. The quantitative estimate of drug-likeness (QED) is 0.144. The summed E-state index contributed by atoms with van der Waals surface area (Å²) in [6.07, 6.45) is 4.06. The molecule has 0 unspecified atom stereocenters. The largest absolute Gasteiger partial charge is 0.494 e. The van der Waals surface area contributed by atoms with Gasteiger partial charge in [0, 0.05) is 58.5 Å². The number of ether oxygens (including phenoxy) is 2. The number of rotatable bonds is 9. The Hall–Kier alpha value is -5.80. The van der Waals surface area contributed by atoms with Crippen molar-refractivity contribution in [3.63, 3.8) is 0 Å². The Balaban J connectivity index is 1.07. The molecule has 246 valence electrons. The molecule has 49 heavy (non-hydrogen) atoms. The van der Waals surface area contributed by atoms with Crippen molar-refractivity contribution in [3.05, 3.63) is 137 Å². The first kappa shape index (κ1) is 30.5. The summed E-state index contributed by atoms with van der Waals surface area (Å²) in [5.41, 5.74) is 6.38. The standard InChI is InChI=1S/C40H37N5O4/c46-37-16-3-4-22-44(37)28-17-19-29(20-18-28)49-26-35-38-33-13-6-12-31-32(14-7-24-48-36-15-5-10-27-9-1-2-11-30(27)36)40(47)45(39(31)33)23-8-21-41-25-34(38)42-43-35/h1-6,9-13,15-20,22,41,47H,7-8,14,21,23-26H2,(H,42,43). The number of fused-ring (bicyclic) bond motifs is 3. The van der Waals surface area contributed by atoms with Crippen molar-refractivity contribution >= 4 is 21.7 Å². The molecule has 7 aromatic rings.